The topological polar surface area (TPSA) is 58.6 Å². The fourth-order valence-electron chi connectivity index (χ4n) is 1.96. The zero-order valence-corrected chi connectivity index (χ0v) is 12.8. The molecule has 1 aliphatic rings. The van der Waals surface area contributed by atoms with Gasteiger partial charge in [0.1, 0.15) is 5.75 Å². The normalized spacial score (nSPS) is 15.6. The SMILES string of the molecule is COc1cccc(CN(C)S(=O)(=O)CCNC2CC2)c1. The molecule has 0 spiro atoms. The van der Waals surface area contributed by atoms with E-state index in [4.69, 9.17) is 4.74 Å². The molecule has 1 fully saturated rings. The fourth-order valence-corrected chi connectivity index (χ4v) is 2.99. The van der Waals surface area contributed by atoms with Crippen LogP contribution in [0.15, 0.2) is 24.3 Å². The van der Waals surface area contributed by atoms with Gasteiger partial charge in [0.25, 0.3) is 0 Å². The van der Waals surface area contributed by atoms with Gasteiger partial charge in [0, 0.05) is 26.2 Å². The van der Waals surface area contributed by atoms with E-state index in [9.17, 15) is 8.42 Å². The van der Waals surface area contributed by atoms with E-state index >= 15 is 0 Å². The van der Waals surface area contributed by atoms with Crippen molar-refractivity contribution in [2.75, 3.05) is 26.5 Å². The average molecular weight is 298 g/mol. The monoisotopic (exact) mass is 298 g/mol. The van der Waals surface area contributed by atoms with Crippen molar-refractivity contribution >= 4 is 10.0 Å². The predicted octanol–water partition coefficient (Wildman–Crippen LogP) is 1.21. The van der Waals surface area contributed by atoms with Crippen LogP contribution in [0.4, 0.5) is 0 Å². The predicted molar refractivity (Wildman–Crippen MR) is 79.3 cm³/mol. The Hall–Kier alpha value is -1.11. The van der Waals surface area contributed by atoms with Crippen molar-refractivity contribution in [2.45, 2.75) is 25.4 Å². The first-order valence-corrected chi connectivity index (χ1v) is 8.42. The first-order chi connectivity index (χ1) is 9.51. The van der Waals surface area contributed by atoms with E-state index in [2.05, 4.69) is 5.32 Å². The second-order valence-corrected chi connectivity index (χ2v) is 7.35. The van der Waals surface area contributed by atoms with Gasteiger partial charge in [-0.25, -0.2) is 12.7 Å². The highest BCUT2D eigenvalue weighted by molar-refractivity contribution is 7.89. The first kappa shape index (κ1) is 15.3. The molecule has 112 valence electrons. The largest absolute Gasteiger partial charge is 0.497 e. The van der Waals surface area contributed by atoms with Gasteiger partial charge in [-0.05, 0) is 30.5 Å². The number of rotatable bonds is 8. The van der Waals surface area contributed by atoms with E-state index in [1.54, 1.807) is 14.2 Å². The number of sulfonamides is 1. The van der Waals surface area contributed by atoms with Gasteiger partial charge in [-0.15, -0.1) is 0 Å². The summed E-state index contributed by atoms with van der Waals surface area (Å²) < 4.78 is 30.8. The van der Waals surface area contributed by atoms with E-state index in [1.807, 2.05) is 24.3 Å². The highest BCUT2D eigenvalue weighted by Crippen LogP contribution is 2.18. The number of nitrogens with zero attached hydrogens (tertiary/aromatic N) is 1. The molecule has 5 nitrogen and oxygen atoms in total. The van der Waals surface area contributed by atoms with Gasteiger partial charge in [0.05, 0.1) is 12.9 Å². The molecule has 0 bridgehead atoms. The van der Waals surface area contributed by atoms with Gasteiger partial charge in [-0.1, -0.05) is 12.1 Å². The summed E-state index contributed by atoms with van der Waals surface area (Å²) in [4.78, 5) is 0. The van der Waals surface area contributed by atoms with Crippen molar-refractivity contribution < 1.29 is 13.2 Å². The van der Waals surface area contributed by atoms with Gasteiger partial charge in [-0.3, -0.25) is 0 Å². The summed E-state index contributed by atoms with van der Waals surface area (Å²) in [5.74, 6) is 0.882. The molecule has 0 unspecified atom stereocenters. The number of hydrogen-bond acceptors (Lipinski definition) is 4. The zero-order valence-electron chi connectivity index (χ0n) is 12.0. The zero-order chi connectivity index (χ0) is 14.6. The third-order valence-electron chi connectivity index (χ3n) is 3.38. The van der Waals surface area contributed by atoms with Crippen LogP contribution in [0.1, 0.15) is 18.4 Å². The third kappa shape index (κ3) is 4.47. The number of ether oxygens (including phenoxy) is 1. The Morgan fingerprint density at radius 1 is 1.40 bits per heavy atom. The van der Waals surface area contributed by atoms with Crippen LogP contribution < -0.4 is 10.1 Å². The average Bonchev–Trinajstić information content (AvgIpc) is 3.23. The summed E-state index contributed by atoms with van der Waals surface area (Å²) in [7, 11) is 0.00139. The van der Waals surface area contributed by atoms with Gasteiger partial charge in [0.15, 0.2) is 0 Å². The van der Waals surface area contributed by atoms with Gasteiger partial charge in [0.2, 0.25) is 10.0 Å². The molecule has 1 aromatic rings. The molecule has 2 rings (SSSR count). The summed E-state index contributed by atoms with van der Waals surface area (Å²) in [6, 6.07) is 8.00. The minimum absolute atomic E-state index is 0.143. The number of benzene rings is 1. The molecule has 0 aliphatic heterocycles. The fraction of sp³-hybridized carbons (Fsp3) is 0.571. The Kier molecular flexibility index (Phi) is 5.01. The number of nitrogens with one attached hydrogen (secondary N) is 1. The third-order valence-corrected chi connectivity index (χ3v) is 5.18. The van der Waals surface area contributed by atoms with Crippen LogP contribution in [0.25, 0.3) is 0 Å². The molecule has 0 saturated heterocycles. The van der Waals surface area contributed by atoms with Crippen LogP contribution in [0.5, 0.6) is 5.75 Å². The molecule has 1 aliphatic carbocycles. The molecule has 1 saturated carbocycles. The van der Waals surface area contributed by atoms with Crippen LogP contribution in [-0.4, -0.2) is 45.2 Å². The number of methoxy groups -OCH3 is 1. The van der Waals surface area contributed by atoms with Crippen molar-refractivity contribution in [3.05, 3.63) is 29.8 Å². The Morgan fingerprint density at radius 3 is 2.80 bits per heavy atom. The Labute approximate surface area is 121 Å². The van der Waals surface area contributed by atoms with Crippen LogP contribution in [0, 0.1) is 0 Å². The Bertz CT molecular complexity index is 541. The van der Waals surface area contributed by atoms with Crippen molar-refractivity contribution in [3.8, 4) is 5.75 Å². The Balaban J connectivity index is 1.89. The standard InChI is InChI=1S/C14H22N2O3S/c1-16(11-12-4-3-5-14(10-12)19-2)20(17,18)9-8-15-13-6-7-13/h3-5,10,13,15H,6-9,11H2,1-2H3. The lowest BCUT2D eigenvalue weighted by atomic mass is 10.2. The van der Waals surface area contributed by atoms with Gasteiger partial charge >= 0.3 is 0 Å². The van der Waals surface area contributed by atoms with E-state index in [1.165, 1.54) is 17.1 Å². The van der Waals surface area contributed by atoms with Crippen molar-refractivity contribution in [3.63, 3.8) is 0 Å². The van der Waals surface area contributed by atoms with Crippen LogP contribution >= 0.6 is 0 Å². The lowest BCUT2D eigenvalue weighted by Crippen LogP contribution is -2.33. The second kappa shape index (κ2) is 6.56. The van der Waals surface area contributed by atoms with E-state index in [0.717, 1.165) is 11.3 Å². The van der Waals surface area contributed by atoms with Crippen LogP contribution in [0.2, 0.25) is 0 Å². The molecular weight excluding hydrogens is 276 g/mol. The molecule has 20 heavy (non-hydrogen) atoms. The maximum atomic E-state index is 12.1. The second-order valence-electron chi connectivity index (χ2n) is 5.15. The highest BCUT2D eigenvalue weighted by Gasteiger charge is 2.23. The summed E-state index contributed by atoms with van der Waals surface area (Å²) in [6.07, 6.45) is 2.33. The van der Waals surface area contributed by atoms with Gasteiger partial charge < -0.3 is 10.1 Å². The summed E-state index contributed by atoms with van der Waals surface area (Å²) in [5.41, 5.74) is 0.922. The first-order valence-electron chi connectivity index (χ1n) is 6.81. The van der Waals surface area contributed by atoms with Crippen LogP contribution in [0.3, 0.4) is 0 Å². The maximum Gasteiger partial charge on any atom is 0.215 e. The lowest BCUT2D eigenvalue weighted by Gasteiger charge is -2.17. The molecule has 1 N–H and O–H groups in total. The minimum atomic E-state index is -3.22. The molecule has 0 atom stereocenters. The molecule has 6 heteroatoms. The van der Waals surface area contributed by atoms with Crippen LogP contribution in [-0.2, 0) is 16.6 Å². The van der Waals surface area contributed by atoms with Crippen molar-refractivity contribution in [1.82, 2.24) is 9.62 Å². The smallest absolute Gasteiger partial charge is 0.215 e. The summed E-state index contributed by atoms with van der Waals surface area (Å²) in [5, 5.41) is 3.22. The summed E-state index contributed by atoms with van der Waals surface area (Å²) >= 11 is 0. The summed E-state index contributed by atoms with van der Waals surface area (Å²) in [6.45, 7) is 0.887. The molecule has 0 heterocycles. The van der Waals surface area contributed by atoms with Gasteiger partial charge in [-0.2, -0.15) is 0 Å². The highest BCUT2D eigenvalue weighted by atomic mass is 32.2. The molecule has 0 aromatic heterocycles. The molecule has 0 amide bonds. The lowest BCUT2D eigenvalue weighted by molar-refractivity contribution is 0.412. The molecular formula is C14H22N2O3S. The minimum Gasteiger partial charge on any atom is -0.497 e. The van der Waals surface area contributed by atoms with E-state index in [-0.39, 0.29) is 5.75 Å². The van der Waals surface area contributed by atoms with E-state index in [0.29, 0.717) is 19.1 Å². The Morgan fingerprint density at radius 2 is 2.15 bits per heavy atom. The molecule has 1 aromatic carbocycles. The molecule has 0 radical (unpaired) electrons. The van der Waals surface area contributed by atoms with E-state index < -0.39 is 10.0 Å². The number of hydrogen-bond donors (Lipinski definition) is 1. The quantitative estimate of drug-likeness (QED) is 0.784. The van der Waals surface area contributed by atoms with Crippen molar-refractivity contribution in [2.24, 2.45) is 0 Å². The van der Waals surface area contributed by atoms with Crippen molar-refractivity contribution in [1.29, 1.82) is 0 Å². The maximum absolute atomic E-state index is 12.1.